The minimum atomic E-state index is -1.08. The lowest BCUT2D eigenvalue weighted by Gasteiger charge is -2.37. The number of imidazole rings is 1. The molecule has 5 aromatic rings. The maximum absolute atomic E-state index is 6.59. The van der Waals surface area contributed by atoms with Crippen molar-refractivity contribution in [3.8, 4) is 11.4 Å². The van der Waals surface area contributed by atoms with E-state index >= 15 is 0 Å². The molecule has 0 aliphatic carbocycles. The van der Waals surface area contributed by atoms with E-state index in [0.29, 0.717) is 29.8 Å². The van der Waals surface area contributed by atoms with Crippen molar-refractivity contribution in [2.75, 3.05) is 49.2 Å². The van der Waals surface area contributed by atoms with E-state index in [2.05, 4.69) is 56.3 Å². The molecule has 0 saturated carbocycles. The summed E-state index contributed by atoms with van der Waals surface area (Å²) in [5.74, 6) is -0.297. The smallest absolute Gasteiger partial charge is 0.215 e. The molecule has 7 rings (SSSR count). The SMILES string of the molecule is Clc1ccc([C@]2(Cn3ccnc3)OC[C@@H](COc3ccc(N4CCN(c5ccc(-n6cccn6)cc5)CC4)cc3)O2)c(Cl)c1. The molecule has 3 aromatic carbocycles. The molecule has 226 valence electrons. The molecule has 0 radical (unpaired) electrons. The van der Waals surface area contributed by atoms with Crippen LogP contribution in [0.1, 0.15) is 5.56 Å². The predicted octanol–water partition coefficient (Wildman–Crippen LogP) is 6.05. The van der Waals surface area contributed by atoms with Gasteiger partial charge in [0.15, 0.2) is 0 Å². The first-order valence-corrected chi connectivity index (χ1v) is 15.4. The Morgan fingerprint density at radius 3 is 2.18 bits per heavy atom. The number of aromatic nitrogens is 4. The zero-order valence-electron chi connectivity index (χ0n) is 24.0. The molecule has 2 saturated heterocycles. The Kier molecular flexibility index (Phi) is 8.18. The van der Waals surface area contributed by atoms with Gasteiger partial charge in [-0.15, -0.1) is 0 Å². The van der Waals surface area contributed by atoms with E-state index in [4.69, 9.17) is 37.4 Å². The fourth-order valence-corrected chi connectivity index (χ4v) is 6.33. The average Bonchev–Trinajstić information content (AvgIpc) is 3.85. The third-order valence-corrected chi connectivity index (χ3v) is 8.60. The first-order chi connectivity index (χ1) is 21.5. The second-order valence-corrected chi connectivity index (χ2v) is 11.8. The molecule has 0 amide bonds. The lowest BCUT2D eigenvalue weighted by atomic mass is 10.1. The highest BCUT2D eigenvalue weighted by atomic mass is 35.5. The van der Waals surface area contributed by atoms with Crippen molar-refractivity contribution in [3.63, 3.8) is 0 Å². The zero-order valence-corrected chi connectivity index (χ0v) is 25.5. The summed E-state index contributed by atoms with van der Waals surface area (Å²) in [6, 6.07) is 24.1. The van der Waals surface area contributed by atoms with E-state index in [1.807, 2.05) is 45.9 Å². The predicted molar refractivity (Wildman–Crippen MR) is 171 cm³/mol. The maximum atomic E-state index is 6.59. The van der Waals surface area contributed by atoms with Crippen molar-refractivity contribution in [1.82, 2.24) is 19.3 Å². The van der Waals surface area contributed by atoms with E-state index in [0.717, 1.165) is 43.2 Å². The minimum absolute atomic E-state index is 0.286. The Morgan fingerprint density at radius 2 is 1.55 bits per heavy atom. The highest BCUT2D eigenvalue weighted by Gasteiger charge is 2.45. The Bertz CT molecular complexity index is 1660. The van der Waals surface area contributed by atoms with Crippen LogP contribution in [0.5, 0.6) is 5.75 Å². The van der Waals surface area contributed by atoms with Gasteiger partial charge in [-0.2, -0.15) is 5.10 Å². The van der Waals surface area contributed by atoms with Gasteiger partial charge < -0.3 is 28.6 Å². The third-order valence-electron chi connectivity index (χ3n) is 8.05. The van der Waals surface area contributed by atoms with Gasteiger partial charge in [0.2, 0.25) is 5.79 Å². The maximum Gasteiger partial charge on any atom is 0.215 e. The molecule has 4 heterocycles. The van der Waals surface area contributed by atoms with Crippen LogP contribution < -0.4 is 14.5 Å². The summed E-state index contributed by atoms with van der Waals surface area (Å²) in [7, 11) is 0. The zero-order chi connectivity index (χ0) is 29.9. The molecular formula is C33H32Cl2N6O3. The molecule has 2 aromatic heterocycles. The lowest BCUT2D eigenvalue weighted by Crippen LogP contribution is -2.46. The minimum Gasteiger partial charge on any atom is -0.491 e. The molecule has 11 heteroatoms. The molecule has 0 bridgehead atoms. The van der Waals surface area contributed by atoms with Crippen molar-refractivity contribution in [1.29, 1.82) is 0 Å². The number of ether oxygens (including phenoxy) is 3. The number of halogens is 2. The number of hydrogen-bond donors (Lipinski definition) is 0. The molecule has 0 unspecified atom stereocenters. The van der Waals surface area contributed by atoms with E-state index in [1.54, 1.807) is 30.9 Å². The fraction of sp³-hybridized carbons (Fsp3) is 0.273. The van der Waals surface area contributed by atoms with E-state index in [-0.39, 0.29) is 6.10 Å². The van der Waals surface area contributed by atoms with Gasteiger partial charge in [-0.1, -0.05) is 29.3 Å². The molecule has 2 aliphatic rings. The van der Waals surface area contributed by atoms with Crippen LogP contribution >= 0.6 is 23.2 Å². The summed E-state index contributed by atoms with van der Waals surface area (Å²) >= 11 is 12.8. The highest BCUT2D eigenvalue weighted by Crippen LogP contribution is 2.40. The second-order valence-electron chi connectivity index (χ2n) is 10.9. The van der Waals surface area contributed by atoms with Crippen LogP contribution in [0.3, 0.4) is 0 Å². The van der Waals surface area contributed by atoms with Gasteiger partial charge in [0.1, 0.15) is 18.5 Å². The summed E-state index contributed by atoms with van der Waals surface area (Å²) in [4.78, 5) is 8.99. The van der Waals surface area contributed by atoms with Crippen molar-refractivity contribution in [3.05, 3.63) is 120 Å². The third kappa shape index (κ3) is 6.14. The van der Waals surface area contributed by atoms with Crippen LogP contribution in [0.25, 0.3) is 5.69 Å². The second kappa shape index (κ2) is 12.5. The number of piperazine rings is 1. The van der Waals surface area contributed by atoms with Crippen molar-refractivity contribution < 1.29 is 14.2 Å². The van der Waals surface area contributed by atoms with Crippen molar-refractivity contribution in [2.24, 2.45) is 0 Å². The van der Waals surface area contributed by atoms with Gasteiger partial charge in [-0.3, -0.25) is 0 Å². The summed E-state index contributed by atoms with van der Waals surface area (Å²) < 4.78 is 22.7. The topological polar surface area (TPSA) is 69.8 Å². The molecular weight excluding hydrogens is 599 g/mol. The molecule has 2 fully saturated rings. The van der Waals surface area contributed by atoms with Crippen LogP contribution in [0, 0.1) is 0 Å². The Labute approximate surface area is 266 Å². The Balaban J connectivity index is 0.936. The summed E-state index contributed by atoms with van der Waals surface area (Å²) in [6.45, 7) is 4.90. The van der Waals surface area contributed by atoms with Crippen LogP contribution in [-0.2, 0) is 21.8 Å². The van der Waals surface area contributed by atoms with Gasteiger partial charge in [0.05, 0.1) is 30.2 Å². The van der Waals surface area contributed by atoms with E-state index in [9.17, 15) is 0 Å². The van der Waals surface area contributed by atoms with Crippen molar-refractivity contribution in [2.45, 2.75) is 18.4 Å². The van der Waals surface area contributed by atoms with Crippen LogP contribution in [0.2, 0.25) is 10.0 Å². The quantitative estimate of drug-likeness (QED) is 0.196. The molecule has 44 heavy (non-hydrogen) atoms. The normalized spacial score (nSPS) is 20.3. The van der Waals surface area contributed by atoms with E-state index in [1.165, 1.54) is 11.4 Å². The van der Waals surface area contributed by atoms with Gasteiger partial charge in [-0.05, 0) is 66.7 Å². The van der Waals surface area contributed by atoms with Crippen LogP contribution in [0.4, 0.5) is 11.4 Å². The molecule has 9 nitrogen and oxygen atoms in total. The summed E-state index contributed by atoms with van der Waals surface area (Å²) in [5, 5.41) is 5.35. The van der Waals surface area contributed by atoms with Gasteiger partial charge in [0.25, 0.3) is 0 Å². The largest absolute Gasteiger partial charge is 0.491 e. The van der Waals surface area contributed by atoms with Gasteiger partial charge in [0, 0.05) is 72.9 Å². The van der Waals surface area contributed by atoms with Crippen molar-refractivity contribution >= 4 is 34.6 Å². The standard InChI is InChI=1S/C33H32Cl2N6O3/c34-25-2-11-31(32(35)20-25)33(23-38-15-13-36-24-38)43-22-30(44-33)21-42-29-9-7-27(8-10-29)40-18-16-39(17-19-40)26-3-5-28(6-4-26)41-14-1-12-37-41/h1-15,20,24,30H,16-19,21-23H2/t30-,33-/m1/s1. The molecule has 2 aliphatic heterocycles. The number of anilines is 2. The van der Waals surface area contributed by atoms with Crippen LogP contribution in [-0.4, -0.2) is 64.8 Å². The Hall–Kier alpha value is -4.02. The monoisotopic (exact) mass is 630 g/mol. The van der Waals surface area contributed by atoms with Crippen LogP contribution in [0.15, 0.2) is 104 Å². The average molecular weight is 632 g/mol. The first-order valence-electron chi connectivity index (χ1n) is 14.6. The summed E-state index contributed by atoms with van der Waals surface area (Å²) in [6.07, 6.45) is 8.77. The summed E-state index contributed by atoms with van der Waals surface area (Å²) in [5.41, 5.74) is 4.19. The van der Waals surface area contributed by atoms with E-state index < -0.39 is 5.79 Å². The van der Waals surface area contributed by atoms with Gasteiger partial charge >= 0.3 is 0 Å². The number of nitrogens with zero attached hydrogens (tertiary/aromatic N) is 6. The number of benzene rings is 3. The Morgan fingerprint density at radius 1 is 0.841 bits per heavy atom. The van der Waals surface area contributed by atoms with Gasteiger partial charge in [-0.25, -0.2) is 9.67 Å². The first kappa shape index (κ1) is 28.7. The highest BCUT2D eigenvalue weighted by molar-refractivity contribution is 6.35. The lowest BCUT2D eigenvalue weighted by molar-refractivity contribution is -0.189. The number of hydrogen-bond acceptors (Lipinski definition) is 7. The fourth-order valence-electron chi connectivity index (χ4n) is 5.78. The molecule has 2 atom stereocenters. The molecule has 0 N–H and O–H groups in total. The number of rotatable bonds is 9. The molecule has 0 spiro atoms.